The monoisotopic (exact) mass is 233 g/mol. The van der Waals surface area contributed by atoms with Gasteiger partial charge in [-0.3, -0.25) is 4.98 Å². The summed E-state index contributed by atoms with van der Waals surface area (Å²) in [5.41, 5.74) is 1.31. The third kappa shape index (κ3) is 3.70. The molecule has 3 heteroatoms. The molecule has 0 bridgehead atoms. The van der Waals surface area contributed by atoms with Gasteiger partial charge >= 0.3 is 0 Å². The number of pyridine rings is 1. The zero-order chi connectivity index (χ0) is 11.9. The number of hydrogen-bond acceptors (Lipinski definition) is 3. The Kier molecular flexibility index (Phi) is 4.80. The molecule has 0 aromatic carbocycles. The first-order valence-electron chi connectivity index (χ1n) is 6.76. The van der Waals surface area contributed by atoms with Gasteiger partial charge in [0.15, 0.2) is 0 Å². The fourth-order valence-electron chi connectivity index (χ4n) is 2.54. The average Bonchev–Trinajstić information content (AvgIpc) is 2.40. The standard InChI is InChI=1S/C14H23N3/c1-2-10-17(14-5-8-15-9-6-14)12-13-4-3-7-16-11-13/h5-6,8-9,13,16H,2-4,7,10-12H2,1H3. The highest BCUT2D eigenvalue weighted by atomic mass is 15.1. The SMILES string of the molecule is CCCN(CC1CCCNC1)c1ccncc1. The number of piperidine rings is 1. The summed E-state index contributed by atoms with van der Waals surface area (Å²) in [4.78, 5) is 6.60. The Morgan fingerprint density at radius 1 is 1.41 bits per heavy atom. The van der Waals surface area contributed by atoms with Gasteiger partial charge in [-0.2, -0.15) is 0 Å². The number of rotatable bonds is 5. The molecule has 0 amide bonds. The van der Waals surface area contributed by atoms with Crippen LogP contribution in [0.5, 0.6) is 0 Å². The minimum absolute atomic E-state index is 0.795. The first-order valence-corrected chi connectivity index (χ1v) is 6.76. The Hall–Kier alpha value is -1.09. The number of nitrogens with one attached hydrogen (secondary N) is 1. The van der Waals surface area contributed by atoms with Crippen molar-refractivity contribution in [1.29, 1.82) is 0 Å². The lowest BCUT2D eigenvalue weighted by atomic mass is 9.99. The van der Waals surface area contributed by atoms with Gasteiger partial charge in [0.05, 0.1) is 0 Å². The van der Waals surface area contributed by atoms with E-state index in [-0.39, 0.29) is 0 Å². The molecule has 1 unspecified atom stereocenters. The summed E-state index contributed by atoms with van der Waals surface area (Å²) in [6.45, 7) is 6.92. The summed E-state index contributed by atoms with van der Waals surface area (Å²) in [6, 6.07) is 4.23. The van der Waals surface area contributed by atoms with Crippen LogP contribution in [-0.2, 0) is 0 Å². The second-order valence-corrected chi connectivity index (χ2v) is 4.86. The maximum atomic E-state index is 4.10. The van der Waals surface area contributed by atoms with Crippen molar-refractivity contribution >= 4 is 5.69 Å². The van der Waals surface area contributed by atoms with E-state index in [1.807, 2.05) is 12.4 Å². The van der Waals surface area contributed by atoms with Crippen LogP contribution in [0.2, 0.25) is 0 Å². The zero-order valence-electron chi connectivity index (χ0n) is 10.7. The lowest BCUT2D eigenvalue weighted by Gasteiger charge is -2.31. The number of hydrogen-bond donors (Lipinski definition) is 1. The van der Waals surface area contributed by atoms with Crippen LogP contribution in [0.1, 0.15) is 26.2 Å². The number of nitrogens with zero attached hydrogens (tertiary/aromatic N) is 2. The van der Waals surface area contributed by atoms with Crippen LogP contribution < -0.4 is 10.2 Å². The van der Waals surface area contributed by atoms with Gasteiger partial charge in [0, 0.05) is 31.2 Å². The fourth-order valence-corrected chi connectivity index (χ4v) is 2.54. The molecule has 1 aromatic rings. The molecule has 1 aliphatic rings. The second kappa shape index (κ2) is 6.60. The van der Waals surface area contributed by atoms with E-state index in [4.69, 9.17) is 0 Å². The Labute approximate surface area is 104 Å². The molecule has 1 aromatic heterocycles. The molecule has 1 fully saturated rings. The Bertz CT molecular complexity index is 307. The van der Waals surface area contributed by atoms with Crippen LogP contribution in [0.4, 0.5) is 5.69 Å². The van der Waals surface area contributed by atoms with Crippen molar-refractivity contribution in [3.63, 3.8) is 0 Å². The van der Waals surface area contributed by atoms with Crippen molar-refractivity contribution in [3.8, 4) is 0 Å². The van der Waals surface area contributed by atoms with Gasteiger partial charge in [0.25, 0.3) is 0 Å². The van der Waals surface area contributed by atoms with E-state index in [2.05, 4.69) is 34.3 Å². The predicted octanol–water partition coefficient (Wildman–Crippen LogP) is 2.30. The van der Waals surface area contributed by atoms with Gasteiger partial charge in [0.1, 0.15) is 0 Å². The first-order chi connectivity index (χ1) is 8.40. The molecule has 3 nitrogen and oxygen atoms in total. The van der Waals surface area contributed by atoms with Crippen molar-refractivity contribution in [2.45, 2.75) is 26.2 Å². The van der Waals surface area contributed by atoms with E-state index in [1.165, 1.54) is 44.6 Å². The quantitative estimate of drug-likeness (QED) is 0.846. The molecule has 1 atom stereocenters. The molecule has 0 spiro atoms. The van der Waals surface area contributed by atoms with E-state index < -0.39 is 0 Å². The van der Waals surface area contributed by atoms with Gasteiger partial charge in [-0.1, -0.05) is 6.92 Å². The molecular formula is C14H23N3. The molecule has 0 saturated carbocycles. The third-order valence-corrected chi connectivity index (χ3v) is 3.40. The summed E-state index contributed by atoms with van der Waals surface area (Å²) in [5, 5.41) is 3.49. The maximum absolute atomic E-state index is 4.10. The summed E-state index contributed by atoms with van der Waals surface area (Å²) >= 11 is 0. The molecule has 1 N–H and O–H groups in total. The van der Waals surface area contributed by atoms with E-state index in [1.54, 1.807) is 0 Å². The van der Waals surface area contributed by atoms with Gasteiger partial charge < -0.3 is 10.2 Å². The van der Waals surface area contributed by atoms with Crippen LogP contribution in [0.15, 0.2) is 24.5 Å². The van der Waals surface area contributed by atoms with Gasteiger partial charge in [-0.15, -0.1) is 0 Å². The van der Waals surface area contributed by atoms with E-state index in [0.29, 0.717) is 0 Å². The Balaban J connectivity index is 1.96. The number of anilines is 1. The van der Waals surface area contributed by atoms with Crippen LogP contribution in [0, 0.1) is 5.92 Å². The lowest BCUT2D eigenvalue weighted by Crippen LogP contribution is -2.38. The molecule has 94 valence electrons. The largest absolute Gasteiger partial charge is 0.371 e. The Morgan fingerprint density at radius 3 is 2.88 bits per heavy atom. The lowest BCUT2D eigenvalue weighted by molar-refractivity contribution is 0.376. The molecule has 1 saturated heterocycles. The molecule has 2 rings (SSSR count). The van der Waals surface area contributed by atoms with Crippen LogP contribution >= 0.6 is 0 Å². The third-order valence-electron chi connectivity index (χ3n) is 3.40. The zero-order valence-corrected chi connectivity index (χ0v) is 10.7. The minimum atomic E-state index is 0.795. The summed E-state index contributed by atoms with van der Waals surface area (Å²) < 4.78 is 0. The van der Waals surface area contributed by atoms with Crippen molar-refractivity contribution < 1.29 is 0 Å². The van der Waals surface area contributed by atoms with Crippen molar-refractivity contribution in [3.05, 3.63) is 24.5 Å². The molecular weight excluding hydrogens is 210 g/mol. The van der Waals surface area contributed by atoms with Crippen molar-refractivity contribution in [2.24, 2.45) is 5.92 Å². The maximum Gasteiger partial charge on any atom is 0.0397 e. The van der Waals surface area contributed by atoms with Crippen molar-refractivity contribution in [1.82, 2.24) is 10.3 Å². The van der Waals surface area contributed by atoms with Gasteiger partial charge in [-0.25, -0.2) is 0 Å². The van der Waals surface area contributed by atoms with Crippen molar-refractivity contribution in [2.75, 3.05) is 31.1 Å². The van der Waals surface area contributed by atoms with E-state index >= 15 is 0 Å². The molecule has 1 aliphatic heterocycles. The predicted molar refractivity (Wildman–Crippen MR) is 72.3 cm³/mol. The summed E-state index contributed by atoms with van der Waals surface area (Å²) in [6.07, 6.45) is 7.65. The smallest absolute Gasteiger partial charge is 0.0397 e. The van der Waals surface area contributed by atoms with Crippen LogP contribution in [-0.4, -0.2) is 31.2 Å². The summed E-state index contributed by atoms with van der Waals surface area (Å²) in [5.74, 6) is 0.795. The normalized spacial score (nSPS) is 20.2. The Morgan fingerprint density at radius 2 is 2.24 bits per heavy atom. The minimum Gasteiger partial charge on any atom is -0.371 e. The topological polar surface area (TPSA) is 28.2 Å². The highest BCUT2D eigenvalue weighted by Crippen LogP contribution is 2.18. The first kappa shape index (κ1) is 12.4. The summed E-state index contributed by atoms with van der Waals surface area (Å²) in [7, 11) is 0. The highest BCUT2D eigenvalue weighted by molar-refractivity contribution is 5.44. The molecule has 2 heterocycles. The average molecular weight is 233 g/mol. The second-order valence-electron chi connectivity index (χ2n) is 4.86. The van der Waals surface area contributed by atoms with E-state index in [0.717, 1.165) is 12.5 Å². The fraction of sp³-hybridized carbons (Fsp3) is 0.643. The van der Waals surface area contributed by atoms with Gasteiger partial charge in [0.2, 0.25) is 0 Å². The van der Waals surface area contributed by atoms with Crippen LogP contribution in [0.25, 0.3) is 0 Å². The molecule has 0 radical (unpaired) electrons. The molecule has 17 heavy (non-hydrogen) atoms. The highest BCUT2D eigenvalue weighted by Gasteiger charge is 2.16. The van der Waals surface area contributed by atoms with Crippen LogP contribution in [0.3, 0.4) is 0 Å². The van der Waals surface area contributed by atoms with Gasteiger partial charge in [-0.05, 0) is 50.4 Å². The number of aromatic nitrogens is 1. The molecule has 0 aliphatic carbocycles. The van der Waals surface area contributed by atoms with E-state index in [9.17, 15) is 0 Å².